The average Bonchev–Trinajstić information content (AvgIpc) is 2.41. The van der Waals surface area contributed by atoms with Gasteiger partial charge >= 0.3 is 0 Å². The molecule has 0 spiro atoms. The van der Waals surface area contributed by atoms with Gasteiger partial charge in [0.15, 0.2) is 0 Å². The smallest absolute Gasteiger partial charge is 0.278 e. The van der Waals surface area contributed by atoms with Crippen LogP contribution in [0.15, 0.2) is 6.20 Å². The van der Waals surface area contributed by atoms with Crippen LogP contribution in [0.25, 0.3) is 0 Å². The maximum absolute atomic E-state index is 11.1. The Bertz CT molecular complexity index is 471. The fourth-order valence-electron chi connectivity index (χ4n) is 2.56. The van der Waals surface area contributed by atoms with Crippen molar-refractivity contribution in [3.63, 3.8) is 0 Å². The predicted molar refractivity (Wildman–Crippen MR) is 82.2 cm³/mol. The number of nitrogens with zero attached hydrogens (tertiary/aromatic N) is 2. The van der Waals surface area contributed by atoms with E-state index >= 15 is 0 Å². The second-order valence-electron chi connectivity index (χ2n) is 5.42. The number of aliphatic hydroxyl groups excluding tert-OH is 1. The van der Waals surface area contributed by atoms with E-state index in [9.17, 15) is 10.1 Å². The van der Waals surface area contributed by atoms with E-state index in [0.29, 0.717) is 29.3 Å². The normalized spacial score (nSPS) is 12.4. The van der Waals surface area contributed by atoms with Crippen LogP contribution >= 0.6 is 0 Å². The molecule has 0 fully saturated rings. The lowest BCUT2D eigenvalue weighted by molar-refractivity contribution is -0.386. The fourth-order valence-corrected chi connectivity index (χ4v) is 2.56. The van der Waals surface area contributed by atoms with Crippen LogP contribution in [-0.2, 0) is 6.54 Å². The molecule has 118 valence electrons. The Morgan fingerprint density at radius 2 is 2.14 bits per heavy atom. The van der Waals surface area contributed by atoms with Crippen LogP contribution < -0.4 is 5.32 Å². The van der Waals surface area contributed by atoms with Crippen LogP contribution in [0.3, 0.4) is 0 Å². The van der Waals surface area contributed by atoms with Gasteiger partial charge in [-0.25, -0.2) is 0 Å². The van der Waals surface area contributed by atoms with Gasteiger partial charge in [-0.2, -0.15) is 0 Å². The molecular weight excluding hydrogens is 270 g/mol. The molecule has 0 amide bonds. The molecule has 1 aromatic heterocycles. The van der Waals surface area contributed by atoms with Crippen molar-refractivity contribution in [2.24, 2.45) is 5.92 Å². The minimum Gasteiger partial charge on any atom is -0.396 e. The Morgan fingerprint density at radius 3 is 2.71 bits per heavy atom. The van der Waals surface area contributed by atoms with Gasteiger partial charge in [0.2, 0.25) is 0 Å². The first kappa shape index (κ1) is 17.5. The second-order valence-corrected chi connectivity index (χ2v) is 5.42. The van der Waals surface area contributed by atoms with Crippen LogP contribution in [0.2, 0.25) is 0 Å². The van der Waals surface area contributed by atoms with Crippen LogP contribution in [0.1, 0.15) is 43.0 Å². The maximum atomic E-state index is 11.1. The third-order valence-corrected chi connectivity index (χ3v) is 3.72. The molecule has 6 heteroatoms. The summed E-state index contributed by atoms with van der Waals surface area (Å²) in [6.07, 6.45) is 4.48. The fraction of sp³-hybridized carbons (Fsp3) is 0.667. The largest absolute Gasteiger partial charge is 0.396 e. The van der Waals surface area contributed by atoms with Gasteiger partial charge in [0, 0.05) is 30.5 Å². The Balaban J connectivity index is 2.67. The highest BCUT2D eigenvalue weighted by Crippen LogP contribution is 2.23. The van der Waals surface area contributed by atoms with E-state index in [2.05, 4.69) is 17.2 Å². The van der Waals surface area contributed by atoms with Crippen molar-refractivity contribution < 1.29 is 10.0 Å². The molecule has 0 aromatic carbocycles. The molecule has 0 saturated carbocycles. The monoisotopic (exact) mass is 295 g/mol. The zero-order chi connectivity index (χ0) is 15.8. The maximum Gasteiger partial charge on any atom is 0.278 e. The third-order valence-electron chi connectivity index (χ3n) is 3.72. The minimum absolute atomic E-state index is 0.155. The van der Waals surface area contributed by atoms with Gasteiger partial charge in [-0.1, -0.05) is 13.3 Å². The summed E-state index contributed by atoms with van der Waals surface area (Å²) in [5, 5.41) is 23.4. The highest BCUT2D eigenvalue weighted by Gasteiger charge is 2.18. The summed E-state index contributed by atoms with van der Waals surface area (Å²) >= 11 is 0. The zero-order valence-electron chi connectivity index (χ0n) is 13.1. The summed E-state index contributed by atoms with van der Waals surface area (Å²) in [7, 11) is 0. The third kappa shape index (κ3) is 5.06. The summed E-state index contributed by atoms with van der Waals surface area (Å²) in [6, 6.07) is 0. The SMILES string of the molecule is CCCC(CCO)CNCc1ncc(C)c([N+](=O)[O-])c1C. The first-order valence-electron chi connectivity index (χ1n) is 7.42. The van der Waals surface area contributed by atoms with Crippen LogP contribution in [0.4, 0.5) is 5.69 Å². The van der Waals surface area contributed by atoms with Gasteiger partial charge in [0.1, 0.15) is 0 Å². The number of hydrogen-bond donors (Lipinski definition) is 2. The lowest BCUT2D eigenvalue weighted by Gasteiger charge is -2.16. The van der Waals surface area contributed by atoms with Gasteiger partial charge < -0.3 is 10.4 Å². The highest BCUT2D eigenvalue weighted by molar-refractivity contribution is 5.47. The van der Waals surface area contributed by atoms with Crippen molar-refractivity contribution in [2.45, 2.75) is 46.6 Å². The van der Waals surface area contributed by atoms with Gasteiger partial charge in [0.05, 0.1) is 10.6 Å². The van der Waals surface area contributed by atoms with Gasteiger partial charge in [-0.3, -0.25) is 15.1 Å². The molecule has 1 rings (SSSR count). The molecule has 21 heavy (non-hydrogen) atoms. The molecule has 6 nitrogen and oxygen atoms in total. The summed E-state index contributed by atoms with van der Waals surface area (Å²) in [6.45, 7) is 7.06. The molecule has 2 N–H and O–H groups in total. The minimum atomic E-state index is -0.346. The molecule has 1 atom stereocenters. The molecular formula is C15H25N3O3. The first-order chi connectivity index (χ1) is 10.0. The van der Waals surface area contributed by atoms with Crippen molar-refractivity contribution >= 4 is 5.69 Å². The number of aryl methyl sites for hydroxylation is 1. The summed E-state index contributed by atoms with van der Waals surface area (Å²) in [4.78, 5) is 15.0. The molecule has 1 heterocycles. The summed E-state index contributed by atoms with van der Waals surface area (Å²) in [5.41, 5.74) is 2.08. The predicted octanol–water partition coefficient (Wildman–Crippen LogP) is 2.49. The molecule has 1 aromatic rings. The zero-order valence-corrected chi connectivity index (χ0v) is 13.1. The summed E-state index contributed by atoms with van der Waals surface area (Å²) in [5.74, 6) is 0.431. The number of aliphatic hydroxyl groups is 1. The lowest BCUT2D eigenvalue weighted by Crippen LogP contribution is -2.24. The molecule has 1 unspecified atom stereocenters. The van der Waals surface area contributed by atoms with Crippen molar-refractivity contribution in [1.82, 2.24) is 10.3 Å². The van der Waals surface area contributed by atoms with Gasteiger partial charge in [-0.15, -0.1) is 0 Å². The van der Waals surface area contributed by atoms with E-state index < -0.39 is 0 Å². The molecule has 0 aliphatic heterocycles. The lowest BCUT2D eigenvalue weighted by atomic mass is 10.00. The number of hydrogen-bond acceptors (Lipinski definition) is 5. The van der Waals surface area contributed by atoms with Crippen molar-refractivity contribution in [3.8, 4) is 0 Å². The van der Waals surface area contributed by atoms with Crippen LogP contribution in [0.5, 0.6) is 0 Å². The van der Waals surface area contributed by atoms with Crippen molar-refractivity contribution in [1.29, 1.82) is 0 Å². The summed E-state index contributed by atoms with van der Waals surface area (Å²) < 4.78 is 0. The number of nitrogens with one attached hydrogen (secondary N) is 1. The Kier molecular flexibility index (Phi) is 7.25. The van der Waals surface area contributed by atoms with E-state index in [-0.39, 0.29) is 17.2 Å². The topological polar surface area (TPSA) is 88.3 Å². The molecule has 0 aliphatic carbocycles. The van der Waals surface area contributed by atoms with Crippen molar-refractivity contribution in [2.75, 3.05) is 13.2 Å². The van der Waals surface area contributed by atoms with E-state index in [1.54, 1.807) is 20.0 Å². The van der Waals surface area contributed by atoms with E-state index in [0.717, 1.165) is 25.8 Å². The highest BCUT2D eigenvalue weighted by atomic mass is 16.6. The van der Waals surface area contributed by atoms with Crippen LogP contribution in [0, 0.1) is 29.9 Å². The second kappa shape index (κ2) is 8.69. The Hall–Kier alpha value is -1.53. The van der Waals surface area contributed by atoms with E-state index in [1.807, 2.05) is 0 Å². The van der Waals surface area contributed by atoms with Crippen LogP contribution in [-0.4, -0.2) is 28.2 Å². The van der Waals surface area contributed by atoms with Gasteiger partial charge in [-0.05, 0) is 39.2 Å². The van der Waals surface area contributed by atoms with Crippen molar-refractivity contribution in [3.05, 3.63) is 33.1 Å². The van der Waals surface area contributed by atoms with Gasteiger partial charge in [0.25, 0.3) is 5.69 Å². The quantitative estimate of drug-likeness (QED) is 0.540. The Morgan fingerprint density at radius 1 is 1.43 bits per heavy atom. The number of nitro groups is 1. The van der Waals surface area contributed by atoms with E-state index in [4.69, 9.17) is 5.11 Å². The number of aromatic nitrogens is 1. The standard InChI is InChI=1S/C15H25N3O3/c1-4-5-13(6-7-19)9-16-10-14-12(3)15(18(20)21)11(2)8-17-14/h8,13,16,19H,4-7,9-10H2,1-3H3. The average molecular weight is 295 g/mol. The van der Waals surface area contributed by atoms with E-state index in [1.165, 1.54) is 0 Å². The molecule has 0 aliphatic rings. The number of pyridine rings is 1. The Labute approximate surface area is 125 Å². The first-order valence-corrected chi connectivity index (χ1v) is 7.42. The number of rotatable bonds is 9. The molecule has 0 radical (unpaired) electrons. The molecule has 0 saturated heterocycles. The molecule has 0 bridgehead atoms.